The predicted octanol–water partition coefficient (Wildman–Crippen LogP) is 3.66. The summed E-state index contributed by atoms with van der Waals surface area (Å²) < 4.78 is 29.3. The third kappa shape index (κ3) is 3.56. The smallest absolute Gasteiger partial charge is 0.387 e. The standard InChI is InChI=1S/C21H23F2N3O2/c1-3-4-6-14-7-5-8-16(13-14)21(18(27)26(2)20(24)25-21)15-9-11-17(12-10-15)28-19(22)23/h5,7-13,19H,3-4,6H2,1-2H3,(H2,24,25). The van der Waals surface area contributed by atoms with Gasteiger partial charge in [0.15, 0.2) is 11.5 Å². The molecule has 0 saturated heterocycles. The van der Waals surface area contributed by atoms with Gasteiger partial charge in [-0.2, -0.15) is 8.78 Å². The van der Waals surface area contributed by atoms with Crippen LogP contribution in [-0.2, 0) is 16.8 Å². The van der Waals surface area contributed by atoms with Crippen LogP contribution in [0.5, 0.6) is 5.75 Å². The van der Waals surface area contributed by atoms with Crippen LogP contribution in [0.25, 0.3) is 0 Å². The number of unbranched alkanes of at least 4 members (excludes halogenated alkanes) is 1. The zero-order valence-electron chi connectivity index (χ0n) is 15.9. The number of benzene rings is 2. The lowest BCUT2D eigenvalue weighted by atomic mass is 9.82. The zero-order valence-corrected chi connectivity index (χ0v) is 15.9. The lowest BCUT2D eigenvalue weighted by Crippen LogP contribution is -2.41. The van der Waals surface area contributed by atoms with Crippen molar-refractivity contribution >= 4 is 11.9 Å². The summed E-state index contributed by atoms with van der Waals surface area (Å²) >= 11 is 0. The van der Waals surface area contributed by atoms with Crippen LogP contribution >= 0.6 is 0 Å². The highest BCUT2D eigenvalue weighted by molar-refractivity contribution is 6.08. The molecular formula is C21H23F2N3O2. The van der Waals surface area contributed by atoms with Crippen molar-refractivity contribution in [1.82, 2.24) is 4.90 Å². The number of aryl methyl sites for hydroxylation is 1. The maximum absolute atomic E-state index is 13.2. The number of likely N-dealkylation sites (N-methyl/N-ethyl adjacent to an activating group) is 1. The molecule has 0 radical (unpaired) electrons. The predicted molar refractivity (Wildman–Crippen MR) is 103 cm³/mol. The van der Waals surface area contributed by atoms with Crippen LogP contribution in [0.15, 0.2) is 53.5 Å². The fourth-order valence-corrected chi connectivity index (χ4v) is 3.39. The molecule has 0 aromatic heterocycles. The number of hydrogen-bond acceptors (Lipinski definition) is 4. The second-order valence-corrected chi connectivity index (χ2v) is 6.75. The Bertz CT molecular complexity index is 883. The number of nitrogens with two attached hydrogens (primary N) is 1. The molecule has 1 heterocycles. The van der Waals surface area contributed by atoms with Gasteiger partial charge >= 0.3 is 6.61 Å². The molecule has 0 bridgehead atoms. The van der Waals surface area contributed by atoms with Gasteiger partial charge in [0.25, 0.3) is 5.91 Å². The van der Waals surface area contributed by atoms with Gasteiger partial charge in [-0.3, -0.25) is 9.69 Å². The minimum absolute atomic E-state index is 0.0151. The number of guanidine groups is 1. The van der Waals surface area contributed by atoms with E-state index < -0.39 is 12.2 Å². The van der Waals surface area contributed by atoms with Crippen LogP contribution in [0.4, 0.5) is 8.78 Å². The normalized spacial score (nSPS) is 19.2. The van der Waals surface area contributed by atoms with Gasteiger partial charge in [0, 0.05) is 7.05 Å². The SMILES string of the molecule is CCCCc1cccc(C2(c3ccc(OC(F)F)cc3)N=C(N)N(C)C2=O)c1. The molecule has 2 aromatic carbocycles. The summed E-state index contributed by atoms with van der Waals surface area (Å²) in [5.74, 6) is -0.168. The van der Waals surface area contributed by atoms with E-state index in [1.807, 2.05) is 24.3 Å². The van der Waals surface area contributed by atoms with Crippen LogP contribution in [-0.4, -0.2) is 30.4 Å². The lowest BCUT2D eigenvalue weighted by Gasteiger charge is -2.26. The third-order valence-corrected chi connectivity index (χ3v) is 4.90. The number of carbonyl (C=O) groups excluding carboxylic acids is 1. The van der Waals surface area contributed by atoms with Crippen LogP contribution in [0.3, 0.4) is 0 Å². The molecule has 1 atom stereocenters. The first-order valence-electron chi connectivity index (χ1n) is 9.16. The van der Waals surface area contributed by atoms with E-state index in [1.165, 1.54) is 17.0 Å². The van der Waals surface area contributed by atoms with Crippen molar-refractivity contribution in [3.05, 3.63) is 65.2 Å². The summed E-state index contributed by atoms with van der Waals surface area (Å²) in [6.45, 7) is -0.794. The topological polar surface area (TPSA) is 67.9 Å². The summed E-state index contributed by atoms with van der Waals surface area (Å²) in [6, 6.07) is 13.7. The molecule has 0 saturated carbocycles. The first kappa shape index (κ1) is 19.8. The molecule has 1 unspecified atom stereocenters. The van der Waals surface area contributed by atoms with E-state index in [-0.39, 0.29) is 17.6 Å². The number of rotatable bonds is 7. The van der Waals surface area contributed by atoms with E-state index in [9.17, 15) is 13.6 Å². The van der Waals surface area contributed by atoms with E-state index in [1.54, 1.807) is 19.2 Å². The minimum atomic E-state index is -2.91. The monoisotopic (exact) mass is 387 g/mol. The van der Waals surface area contributed by atoms with E-state index in [2.05, 4.69) is 16.7 Å². The van der Waals surface area contributed by atoms with E-state index >= 15 is 0 Å². The van der Waals surface area contributed by atoms with Crippen molar-refractivity contribution in [2.24, 2.45) is 10.7 Å². The van der Waals surface area contributed by atoms with Crippen molar-refractivity contribution in [2.75, 3.05) is 7.05 Å². The van der Waals surface area contributed by atoms with Gasteiger partial charge < -0.3 is 10.5 Å². The van der Waals surface area contributed by atoms with Gasteiger partial charge in [-0.15, -0.1) is 0 Å². The molecule has 0 aliphatic carbocycles. The maximum atomic E-state index is 13.2. The number of alkyl halides is 2. The van der Waals surface area contributed by atoms with Crippen molar-refractivity contribution in [3.63, 3.8) is 0 Å². The second-order valence-electron chi connectivity index (χ2n) is 6.75. The van der Waals surface area contributed by atoms with Crippen LogP contribution in [0.2, 0.25) is 0 Å². The molecule has 3 rings (SSSR count). The van der Waals surface area contributed by atoms with Gasteiger partial charge in [-0.25, -0.2) is 4.99 Å². The summed E-state index contributed by atoms with van der Waals surface area (Å²) in [7, 11) is 1.57. The Kier molecular flexibility index (Phi) is 5.63. The van der Waals surface area contributed by atoms with Gasteiger partial charge in [0.2, 0.25) is 0 Å². The Labute approximate surface area is 162 Å². The molecule has 0 fully saturated rings. The molecular weight excluding hydrogens is 364 g/mol. The fourth-order valence-electron chi connectivity index (χ4n) is 3.39. The number of nitrogens with zero attached hydrogens (tertiary/aromatic N) is 2. The number of ether oxygens (including phenoxy) is 1. The molecule has 0 spiro atoms. The van der Waals surface area contributed by atoms with E-state index in [0.29, 0.717) is 11.1 Å². The average Bonchev–Trinajstić information content (AvgIpc) is 2.92. The lowest BCUT2D eigenvalue weighted by molar-refractivity contribution is -0.129. The van der Waals surface area contributed by atoms with Gasteiger partial charge in [-0.1, -0.05) is 49.7 Å². The first-order chi connectivity index (χ1) is 13.4. The van der Waals surface area contributed by atoms with Gasteiger partial charge in [0.1, 0.15) is 5.75 Å². The Morgan fingerprint density at radius 3 is 2.46 bits per heavy atom. The summed E-state index contributed by atoms with van der Waals surface area (Å²) in [6.07, 6.45) is 2.99. The highest BCUT2D eigenvalue weighted by Gasteiger charge is 2.49. The molecule has 148 valence electrons. The number of amides is 1. The summed E-state index contributed by atoms with van der Waals surface area (Å²) in [5.41, 5.74) is 6.96. The molecule has 1 amide bonds. The average molecular weight is 387 g/mol. The Balaban J connectivity index is 2.09. The highest BCUT2D eigenvalue weighted by Crippen LogP contribution is 2.40. The first-order valence-corrected chi connectivity index (χ1v) is 9.16. The van der Waals surface area contributed by atoms with Crippen molar-refractivity contribution in [3.8, 4) is 5.75 Å². The van der Waals surface area contributed by atoms with Crippen molar-refractivity contribution in [2.45, 2.75) is 38.3 Å². The summed E-state index contributed by atoms with van der Waals surface area (Å²) in [4.78, 5) is 19.0. The quantitative estimate of drug-likeness (QED) is 0.788. The molecule has 2 aromatic rings. The molecule has 2 N–H and O–H groups in total. The molecule has 28 heavy (non-hydrogen) atoms. The van der Waals surface area contributed by atoms with E-state index in [4.69, 9.17) is 5.73 Å². The number of aliphatic imine (C=N–C) groups is 1. The molecule has 1 aliphatic rings. The number of hydrogen-bond donors (Lipinski definition) is 1. The largest absolute Gasteiger partial charge is 0.435 e. The molecule has 5 nitrogen and oxygen atoms in total. The van der Waals surface area contributed by atoms with Gasteiger partial charge in [-0.05, 0) is 41.7 Å². The molecule has 7 heteroatoms. The van der Waals surface area contributed by atoms with E-state index in [0.717, 1.165) is 24.8 Å². The number of halogens is 2. The highest BCUT2D eigenvalue weighted by atomic mass is 19.3. The fraction of sp³-hybridized carbons (Fsp3) is 0.333. The van der Waals surface area contributed by atoms with Crippen molar-refractivity contribution in [1.29, 1.82) is 0 Å². The zero-order chi connectivity index (χ0) is 20.3. The van der Waals surface area contributed by atoms with Crippen LogP contribution < -0.4 is 10.5 Å². The Hall–Kier alpha value is -2.96. The Morgan fingerprint density at radius 2 is 1.89 bits per heavy atom. The molecule has 1 aliphatic heterocycles. The van der Waals surface area contributed by atoms with Gasteiger partial charge in [0.05, 0.1) is 0 Å². The minimum Gasteiger partial charge on any atom is -0.435 e. The van der Waals surface area contributed by atoms with Crippen molar-refractivity contribution < 1.29 is 18.3 Å². The number of carbonyl (C=O) groups is 1. The van der Waals surface area contributed by atoms with Crippen LogP contribution in [0, 0.1) is 0 Å². The maximum Gasteiger partial charge on any atom is 0.387 e. The summed E-state index contributed by atoms with van der Waals surface area (Å²) in [5, 5.41) is 0. The second kappa shape index (κ2) is 7.96. The third-order valence-electron chi connectivity index (χ3n) is 4.90. The van der Waals surface area contributed by atoms with Crippen LogP contribution in [0.1, 0.15) is 36.5 Å². The Morgan fingerprint density at radius 1 is 1.18 bits per heavy atom.